The zero-order valence-electron chi connectivity index (χ0n) is 26.6. The minimum Gasteiger partial charge on any atom is -0.493 e. The summed E-state index contributed by atoms with van der Waals surface area (Å²) in [5, 5.41) is 5.82. The van der Waals surface area contributed by atoms with E-state index in [1.54, 1.807) is 37.1 Å². The van der Waals surface area contributed by atoms with Gasteiger partial charge in [-0.3, -0.25) is 24.1 Å². The van der Waals surface area contributed by atoms with Crippen LogP contribution in [0.1, 0.15) is 22.8 Å². The van der Waals surface area contributed by atoms with Gasteiger partial charge in [0.2, 0.25) is 11.8 Å². The summed E-state index contributed by atoms with van der Waals surface area (Å²) in [5.74, 6) is -0.590. The number of nitrogens with one attached hydrogen (secondary N) is 2. The Kier molecular flexibility index (Phi) is 7.67. The predicted octanol–water partition coefficient (Wildman–Crippen LogP) is 7.06. The van der Waals surface area contributed by atoms with E-state index in [4.69, 9.17) is 9.47 Å². The van der Waals surface area contributed by atoms with Crippen molar-refractivity contribution in [1.29, 1.82) is 0 Å². The van der Waals surface area contributed by atoms with Crippen molar-refractivity contribution in [2.75, 3.05) is 23.9 Å². The third-order valence-corrected chi connectivity index (χ3v) is 13.9. The number of rotatable bonds is 7. The van der Waals surface area contributed by atoms with E-state index in [-0.39, 0.29) is 64.0 Å². The van der Waals surface area contributed by atoms with Crippen LogP contribution in [-0.4, -0.2) is 41.7 Å². The number of nitrogens with zero attached hydrogens (tertiary/aromatic N) is 1. The van der Waals surface area contributed by atoms with Gasteiger partial charge in [-0.15, -0.1) is 11.8 Å². The van der Waals surface area contributed by atoms with Gasteiger partial charge in [0.25, 0.3) is 5.91 Å². The number of hydrogen-bond acceptors (Lipinski definition) is 8. The van der Waals surface area contributed by atoms with Gasteiger partial charge in [0.05, 0.1) is 29.7 Å². The van der Waals surface area contributed by atoms with Gasteiger partial charge in [-0.25, -0.2) is 0 Å². The third kappa shape index (κ3) is 4.94. The number of methoxy groups -OCH3 is 1. The van der Waals surface area contributed by atoms with E-state index in [0.717, 1.165) is 37.1 Å². The van der Waals surface area contributed by atoms with Crippen LogP contribution in [0.3, 0.4) is 0 Å². The van der Waals surface area contributed by atoms with Crippen LogP contribution in [0.5, 0.6) is 11.5 Å². The monoisotopic (exact) mass is 767 g/mol. The van der Waals surface area contributed by atoms with Gasteiger partial charge in [0, 0.05) is 31.6 Å². The number of benzene rings is 4. The van der Waals surface area contributed by atoms with Gasteiger partial charge < -0.3 is 19.8 Å². The van der Waals surface area contributed by atoms with Crippen LogP contribution in [-0.2, 0) is 14.4 Å². The molecule has 7 atom stereocenters. The lowest BCUT2D eigenvalue weighted by Crippen LogP contribution is -2.42. The van der Waals surface area contributed by atoms with E-state index in [1.807, 2.05) is 66.7 Å². The minimum absolute atomic E-state index is 0.0145. The highest BCUT2D eigenvalue weighted by atomic mass is 79.9. The molecule has 12 heteroatoms. The number of fused-ring (bicyclic) bond motifs is 10. The Hall–Kier alpha value is -4.39. The maximum absolute atomic E-state index is 14.1. The Labute approximate surface area is 303 Å². The summed E-state index contributed by atoms with van der Waals surface area (Å²) in [7, 11) is 1.56. The molecule has 2 N–H and O–H groups in total. The smallest absolute Gasteiger partial charge is 0.305 e. The van der Waals surface area contributed by atoms with Gasteiger partial charge in [-0.05, 0) is 77.6 Å². The van der Waals surface area contributed by atoms with E-state index in [1.165, 1.54) is 16.2 Å². The molecule has 0 unspecified atom stereocenters. The molecule has 5 aromatic rings. The molecule has 4 aromatic carbocycles. The van der Waals surface area contributed by atoms with Crippen molar-refractivity contribution in [3.8, 4) is 11.5 Å². The van der Waals surface area contributed by atoms with Crippen molar-refractivity contribution in [2.24, 2.45) is 29.6 Å². The molecule has 2 saturated carbocycles. The highest BCUT2D eigenvalue weighted by Crippen LogP contribution is 2.68. The first-order valence-electron chi connectivity index (χ1n) is 16.4. The van der Waals surface area contributed by atoms with Crippen molar-refractivity contribution >= 4 is 78.9 Å². The average molecular weight is 769 g/mol. The maximum Gasteiger partial charge on any atom is 0.305 e. The number of thiazole rings is 1. The number of halogens is 1. The largest absolute Gasteiger partial charge is 0.493 e. The summed E-state index contributed by atoms with van der Waals surface area (Å²) in [6.45, 7) is -0.217. The van der Waals surface area contributed by atoms with Crippen molar-refractivity contribution in [3.05, 3.63) is 110 Å². The summed E-state index contributed by atoms with van der Waals surface area (Å²) in [6.07, 6.45) is 0.795. The molecule has 4 aliphatic rings. The van der Waals surface area contributed by atoms with E-state index < -0.39 is 5.92 Å². The van der Waals surface area contributed by atoms with E-state index >= 15 is 0 Å². The van der Waals surface area contributed by atoms with Crippen molar-refractivity contribution in [1.82, 2.24) is 4.98 Å². The molecule has 50 heavy (non-hydrogen) atoms. The summed E-state index contributed by atoms with van der Waals surface area (Å²) in [6, 6.07) is 26.6. The molecular weight excluding hydrogens is 738 g/mol. The second-order valence-electron chi connectivity index (χ2n) is 13.2. The van der Waals surface area contributed by atoms with Crippen LogP contribution in [0.2, 0.25) is 0 Å². The zero-order valence-corrected chi connectivity index (χ0v) is 29.8. The number of aromatic nitrogens is 1. The van der Waals surface area contributed by atoms with Gasteiger partial charge >= 0.3 is 4.87 Å². The number of carbonyl (C=O) groups is 3. The van der Waals surface area contributed by atoms with Crippen molar-refractivity contribution < 1.29 is 23.9 Å². The number of ether oxygens (including phenoxy) is 2. The van der Waals surface area contributed by atoms with Crippen LogP contribution in [0, 0.1) is 29.6 Å². The molecule has 3 amide bonds. The van der Waals surface area contributed by atoms with Crippen LogP contribution < -0.4 is 24.6 Å². The number of thioether (sulfide) groups is 1. The molecule has 252 valence electrons. The lowest BCUT2D eigenvalue weighted by atomic mass is 9.68. The number of hydrogen-bond donors (Lipinski definition) is 2. The number of H-pyrrole nitrogens is 1. The quantitative estimate of drug-likeness (QED) is 0.171. The SMILES string of the molecule is COc1cc([C@@H]2c3sc(=O)[nH]c3S[C@@H]3[C@@H]4C[C@@H]([C@@H]5C(=O)N(c6ccc(Br)cc6)C(=O)[C@@H]45)[C@H]23)ccc1OCC(=O)Nc1cccc2ccccc12. The highest BCUT2D eigenvalue weighted by Gasteiger charge is 2.69. The topological polar surface area (TPSA) is 118 Å². The molecule has 9 nitrogen and oxygen atoms in total. The molecule has 1 aromatic heterocycles. The summed E-state index contributed by atoms with van der Waals surface area (Å²) in [5.41, 5.74) is 2.24. The fourth-order valence-corrected chi connectivity index (χ4v) is 12.0. The normalized spacial score (nSPS) is 26.1. The molecule has 2 aliphatic carbocycles. The van der Waals surface area contributed by atoms with Crippen LogP contribution in [0.15, 0.2) is 99.2 Å². The molecule has 2 aliphatic heterocycles. The number of anilines is 2. The summed E-state index contributed by atoms with van der Waals surface area (Å²) >= 11 is 6.30. The van der Waals surface area contributed by atoms with E-state index in [0.29, 0.717) is 22.9 Å². The summed E-state index contributed by atoms with van der Waals surface area (Å²) in [4.78, 5) is 58.9. The third-order valence-electron chi connectivity index (χ3n) is 10.8. The zero-order chi connectivity index (χ0) is 34.3. The van der Waals surface area contributed by atoms with E-state index in [9.17, 15) is 19.2 Å². The van der Waals surface area contributed by atoms with E-state index in [2.05, 4.69) is 26.2 Å². The number of aromatic amines is 1. The minimum atomic E-state index is -0.400. The van der Waals surface area contributed by atoms with Crippen LogP contribution >= 0.6 is 39.0 Å². The van der Waals surface area contributed by atoms with Gasteiger partial charge in [0.15, 0.2) is 18.1 Å². The van der Waals surface area contributed by atoms with Crippen LogP contribution in [0.4, 0.5) is 11.4 Å². The lowest BCUT2D eigenvalue weighted by Gasteiger charge is -2.43. The van der Waals surface area contributed by atoms with Gasteiger partial charge in [0.1, 0.15) is 0 Å². The molecule has 0 spiro atoms. The maximum atomic E-state index is 14.1. The Bertz CT molecular complexity index is 2270. The molecule has 2 bridgehead atoms. The number of amides is 3. The second-order valence-corrected chi connectivity index (χ2v) is 16.3. The molecule has 9 rings (SSSR count). The molecule has 3 heterocycles. The molecule has 3 fully saturated rings. The van der Waals surface area contributed by atoms with Crippen molar-refractivity contribution in [3.63, 3.8) is 0 Å². The second kappa shape index (κ2) is 12.1. The number of imide groups is 1. The molecule has 0 radical (unpaired) electrons. The number of carbonyl (C=O) groups excluding carboxylic acids is 3. The Morgan fingerprint density at radius 3 is 2.50 bits per heavy atom. The predicted molar refractivity (Wildman–Crippen MR) is 196 cm³/mol. The van der Waals surface area contributed by atoms with Crippen LogP contribution in [0.25, 0.3) is 10.8 Å². The first-order valence-corrected chi connectivity index (χ1v) is 18.9. The van der Waals surface area contributed by atoms with Crippen molar-refractivity contribution in [2.45, 2.75) is 22.6 Å². The standard InChI is InChI=1S/C38H30BrN3O6S2/c1-47-27-15-19(9-14-26(27)48-17-28(43)40-25-8-4-6-18-5-2-3-7-22(18)25)29-30-23-16-24(33(30)49-35-34(29)50-38(46)41-35)32-31(23)36(44)42(37(32)45)21-12-10-20(39)11-13-21/h2-15,23-24,29-33H,16-17H2,1H3,(H,40,43)(H,41,46)/t23-,24-,29+,30-,31+,32+,33-/m1/s1. The lowest BCUT2D eigenvalue weighted by molar-refractivity contribution is -0.123. The summed E-state index contributed by atoms with van der Waals surface area (Å²) < 4.78 is 12.6. The Balaban J connectivity index is 1.00. The van der Waals surface area contributed by atoms with Gasteiger partial charge in [-0.2, -0.15) is 0 Å². The molecule has 1 saturated heterocycles. The average Bonchev–Trinajstić information content (AvgIpc) is 3.86. The van der Waals surface area contributed by atoms with Gasteiger partial charge in [-0.1, -0.05) is 69.7 Å². The highest BCUT2D eigenvalue weighted by molar-refractivity contribution is 9.10. The fourth-order valence-electron chi connectivity index (χ4n) is 8.90. The Morgan fingerprint density at radius 1 is 0.940 bits per heavy atom. The first-order chi connectivity index (χ1) is 24.3. The molecular formula is C38H30BrN3O6S2. The Morgan fingerprint density at radius 2 is 1.70 bits per heavy atom. The fraction of sp³-hybridized carbons (Fsp3) is 0.263. The first kappa shape index (κ1) is 31.6.